The minimum absolute atomic E-state index is 0.0124. The maximum absolute atomic E-state index is 11.4. The van der Waals surface area contributed by atoms with Gasteiger partial charge >= 0.3 is 0 Å². The van der Waals surface area contributed by atoms with Crippen LogP contribution in [0.2, 0.25) is 0 Å². The third-order valence-electron chi connectivity index (χ3n) is 8.85. The van der Waals surface area contributed by atoms with E-state index in [1.165, 1.54) is 6.92 Å². The normalized spacial score (nSPS) is 21.3. The van der Waals surface area contributed by atoms with Gasteiger partial charge in [-0.15, -0.1) is 0 Å². The van der Waals surface area contributed by atoms with Crippen molar-refractivity contribution in [1.29, 1.82) is 0 Å². The molecule has 0 spiro atoms. The third kappa shape index (κ3) is 8.06. The number of likely N-dealkylation sites (N-methyl/N-ethyl adjacent to an activating group) is 1. The number of hydrogen-bond acceptors (Lipinski definition) is 6. The molecule has 6 atom stereocenters. The van der Waals surface area contributed by atoms with E-state index >= 15 is 0 Å². The molecule has 1 heterocycles. The second-order valence-corrected chi connectivity index (χ2v) is 12.1. The number of amides is 1. The van der Waals surface area contributed by atoms with Crippen LogP contribution in [0.15, 0.2) is 103 Å². The summed E-state index contributed by atoms with van der Waals surface area (Å²) in [5.41, 5.74) is 6.76. The van der Waals surface area contributed by atoms with Crippen molar-refractivity contribution in [3.8, 4) is 11.1 Å². The Labute approximate surface area is 266 Å². The molecule has 0 radical (unpaired) electrons. The molecule has 4 aromatic carbocycles. The molecule has 0 bridgehead atoms. The van der Waals surface area contributed by atoms with Gasteiger partial charge in [-0.25, -0.2) is 0 Å². The zero-order valence-corrected chi connectivity index (χ0v) is 26.5. The molecule has 1 fully saturated rings. The number of benzene rings is 4. The second-order valence-electron chi connectivity index (χ2n) is 12.1. The Morgan fingerprint density at radius 1 is 0.867 bits per heavy atom. The standard InChI is InChI=1S/C38H44N2O5/c1-25-35(23-40(4)26(2)36(43)30-11-6-5-7-12-30)44-38(45-37(25)31-18-16-28(24-41)17-19-31)34-15-9-14-33(21-34)32-13-8-10-29(20-32)22-39-27(3)42/h5-21,25-26,35-38,41,43H,22-24H2,1-4H3,(H,39,42)/t25-,26-,35+,36-,37+,38+/m0/s1. The van der Waals surface area contributed by atoms with Gasteiger partial charge in [0.15, 0.2) is 6.29 Å². The molecule has 1 aliphatic rings. The molecule has 236 valence electrons. The topological polar surface area (TPSA) is 91.3 Å². The first-order valence-corrected chi connectivity index (χ1v) is 15.6. The van der Waals surface area contributed by atoms with E-state index in [0.717, 1.165) is 38.9 Å². The quantitative estimate of drug-likeness (QED) is 0.184. The molecule has 0 aliphatic carbocycles. The van der Waals surface area contributed by atoms with Crippen LogP contribution in [0.1, 0.15) is 67.1 Å². The van der Waals surface area contributed by atoms with Gasteiger partial charge in [-0.1, -0.05) is 97.9 Å². The summed E-state index contributed by atoms with van der Waals surface area (Å²) in [5.74, 6) is -0.0497. The van der Waals surface area contributed by atoms with E-state index in [1.807, 2.05) is 92.8 Å². The van der Waals surface area contributed by atoms with Gasteiger partial charge in [0.05, 0.1) is 24.9 Å². The van der Waals surface area contributed by atoms with E-state index in [2.05, 4.69) is 41.4 Å². The maximum Gasteiger partial charge on any atom is 0.217 e. The van der Waals surface area contributed by atoms with Crippen LogP contribution in [0.25, 0.3) is 11.1 Å². The van der Waals surface area contributed by atoms with E-state index in [-0.39, 0.29) is 36.7 Å². The van der Waals surface area contributed by atoms with Gasteiger partial charge in [0.2, 0.25) is 5.91 Å². The molecule has 7 nitrogen and oxygen atoms in total. The molecule has 4 aromatic rings. The van der Waals surface area contributed by atoms with Crippen molar-refractivity contribution in [3.05, 3.63) is 131 Å². The van der Waals surface area contributed by atoms with Crippen LogP contribution < -0.4 is 5.32 Å². The lowest BCUT2D eigenvalue weighted by molar-refractivity contribution is -0.276. The number of nitrogens with zero attached hydrogens (tertiary/aromatic N) is 1. The van der Waals surface area contributed by atoms with Crippen LogP contribution in [0.4, 0.5) is 0 Å². The van der Waals surface area contributed by atoms with Crippen molar-refractivity contribution in [1.82, 2.24) is 10.2 Å². The fourth-order valence-corrected chi connectivity index (χ4v) is 5.90. The largest absolute Gasteiger partial charge is 0.392 e. The lowest BCUT2D eigenvalue weighted by Crippen LogP contribution is -2.46. The molecule has 1 amide bonds. The van der Waals surface area contributed by atoms with Crippen LogP contribution in [-0.2, 0) is 27.4 Å². The highest BCUT2D eigenvalue weighted by atomic mass is 16.7. The van der Waals surface area contributed by atoms with Gasteiger partial charge in [-0.05, 0) is 59.5 Å². The van der Waals surface area contributed by atoms with E-state index < -0.39 is 12.4 Å². The van der Waals surface area contributed by atoms with E-state index in [1.54, 1.807) is 0 Å². The molecule has 3 N–H and O–H groups in total. The molecular weight excluding hydrogens is 564 g/mol. The Morgan fingerprint density at radius 2 is 1.56 bits per heavy atom. The zero-order valence-electron chi connectivity index (χ0n) is 26.5. The van der Waals surface area contributed by atoms with Crippen LogP contribution in [0, 0.1) is 5.92 Å². The fourth-order valence-electron chi connectivity index (χ4n) is 5.90. The number of aliphatic hydroxyl groups excluding tert-OH is 2. The number of ether oxygens (including phenoxy) is 2. The second kappa shape index (κ2) is 15.0. The Kier molecular flexibility index (Phi) is 10.8. The van der Waals surface area contributed by atoms with Gasteiger partial charge in [0, 0.05) is 37.5 Å². The molecule has 45 heavy (non-hydrogen) atoms. The van der Waals surface area contributed by atoms with Gasteiger partial charge in [-0.2, -0.15) is 0 Å². The minimum atomic E-state index is -0.637. The first kappa shape index (κ1) is 32.5. The van der Waals surface area contributed by atoms with E-state index in [9.17, 15) is 15.0 Å². The summed E-state index contributed by atoms with van der Waals surface area (Å²) in [5, 5.41) is 23.6. The number of nitrogens with one attached hydrogen (secondary N) is 1. The van der Waals surface area contributed by atoms with Crippen LogP contribution in [0.5, 0.6) is 0 Å². The Balaban J connectivity index is 1.41. The number of aliphatic hydroxyl groups is 2. The van der Waals surface area contributed by atoms with E-state index in [4.69, 9.17) is 9.47 Å². The van der Waals surface area contributed by atoms with Crippen LogP contribution in [-0.4, -0.2) is 46.8 Å². The first-order chi connectivity index (χ1) is 21.7. The average molecular weight is 609 g/mol. The molecule has 1 aliphatic heterocycles. The number of hydrogen-bond donors (Lipinski definition) is 3. The summed E-state index contributed by atoms with van der Waals surface area (Å²) < 4.78 is 13.4. The molecule has 0 saturated carbocycles. The van der Waals surface area contributed by atoms with Gasteiger partial charge in [-0.3, -0.25) is 9.69 Å². The first-order valence-electron chi connectivity index (χ1n) is 15.6. The van der Waals surface area contributed by atoms with Crippen molar-refractivity contribution in [2.45, 2.75) is 64.6 Å². The number of carbonyl (C=O) groups is 1. The molecule has 5 rings (SSSR count). The summed E-state index contributed by atoms with van der Waals surface area (Å²) in [7, 11) is 2.02. The lowest BCUT2D eigenvalue weighted by Gasteiger charge is -2.43. The highest BCUT2D eigenvalue weighted by molar-refractivity contribution is 5.73. The Bertz CT molecular complexity index is 1540. The smallest absolute Gasteiger partial charge is 0.217 e. The molecule has 0 aromatic heterocycles. The van der Waals surface area contributed by atoms with Gasteiger partial charge in [0.25, 0.3) is 0 Å². The highest BCUT2D eigenvalue weighted by Crippen LogP contribution is 2.42. The SMILES string of the molecule is CC(=O)NCc1cccc(-c2cccc([C@@H]3O[C@H](CN(C)[C@@H](C)[C@H](O)c4ccccc4)[C@H](C)[C@H](c4ccc(CO)cc4)O3)c2)c1. The monoisotopic (exact) mass is 608 g/mol. The summed E-state index contributed by atoms with van der Waals surface area (Å²) >= 11 is 0. The van der Waals surface area contributed by atoms with Gasteiger partial charge < -0.3 is 25.0 Å². The predicted octanol–water partition coefficient (Wildman–Crippen LogP) is 6.33. The van der Waals surface area contributed by atoms with Crippen molar-refractivity contribution < 1.29 is 24.5 Å². The summed E-state index contributed by atoms with van der Waals surface area (Å²) in [4.78, 5) is 13.6. The van der Waals surface area contributed by atoms with Crippen molar-refractivity contribution in [2.75, 3.05) is 13.6 Å². The fraction of sp³-hybridized carbons (Fsp3) is 0.342. The third-order valence-corrected chi connectivity index (χ3v) is 8.85. The summed E-state index contributed by atoms with van der Waals surface area (Å²) in [6, 6.07) is 33.9. The lowest BCUT2D eigenvalue weighted by atomic mass is 9.89. The predicted molar refractivity (Wildman–Crippen MR) is 176 cm³/mol. The number of carbonyl (C=O) groups excluding carboxylic acids is 1. The van der Waals surface area contributed by atoms with Crippen LogP contribution >= 0.6 is 0 Å². The maximum atomic E-state index is 11.4. The van der Waals surface area contributed by atoms with Crippen LogP contribution in [0.3, 0.4) is 0 Å². The number of rotatable bonds is 11. The van der Waals surface area contributed by atoms with Crippen molar-refractivity contribution in [3.63, 3.8) is 0 Å². The Hall–Kier alpha value is -3.85. The average Bonchev–Trinajstić information content (AvgIpc) is 3.08. The summed E-state index contributed by atoms with van der Waals surface area (Å²) in [6.07, 6.45) is -1.68. The van der Waals surface area contributed by atoms with Crippen molar-refractivity contribution >= 4 is 5.91 Å². The molecule has 1 saturated heterocycles. The van der Waals surface area contributed by atoms with Crippen molar-refractivity contribution in [2.24, 2.45) is 5.92 Å². The summed E-state index contributed by atoms with van der Waals surface area (Å²) in [6.45, 7) is 6.76. The van der Waals surface area contributed by atoms with Gasteiger partial charge in [0.1, 0.15) is 0 Å². The minimum Gasteiger partial charge on any atom is -0.392 e. The molecular formula is C38H44N2O5. The molecule has 7 heteroatoms. The highest BCUT2D eigenvalue weighted by Gasteiger charge is 2.39. The Morgan fingerprint density at radius 3 is 2.24 bits per heavy atom. The molecule has 0 unspecified atom stereocenters. The van der Waals surface area contributed by atoms with E-state index in [0.29, 0.717) is 13.1 Å². The zero-order chi connectivity index (χ0) is 31.9.